The van der Waals surface area contributed by atoms with Crippen LogP contribution >= 0.6 is 0 Å². The lowest BCUT2D eigenvalue weighted by atomic mass is 10.1. The minimum atomic E-state index is 0.137. The van der Waals surface area contributed by atoms with Crippen LogP contribution in [0.5, 0.6) is 5.75 Å². The van der Waals surface area contributed by atoms with Crippen LogP contribution in [0.2, 0.25) is 0 Å². The van der Waals surface area contributed by atoms with Crippen LogP contribution in [-0.2, 0) is 11.2 Å². The van der Waals surface area contributed by atoms with E-state index in [-0.39, 0.29) is 12.0 Å². The van der Waals surface area contributed by atoms with Crippen LogP contribution in [0.15, 0.2) is 34.9 Å². The highest BCUT2D eigenvalue weighted by Crippen LogP contribution is 2.20. The van der Waals surface area contributed by atoms with Gasteiger partial charge in [-0.2, -0.15) is 0 Å². The number of carbonyl (C=O) groups excluding carboxylic acids is 1. The van der Waals surface area contributed by atoms with E-state index in [1.807, 2.05) is 49.1 Å². The van der Waals surface area contributed by atoms with Gasteiger partial charge in [0.1, 0.15) is 17.6 Å². The van der Waals surface area contributed by atoms with Gasteiger partial charge in [0, 0.05) is 31.5 Å². The quantitative estimate of drug-likeness (QED) is 0.871. The Hall–Kier alpha value is -2.30. The number of benzene rings is 1. The van der Waals surface area contributed by atoms with Crippen molar-refractivity contribution in [1.29, 1.82) is 0 Å². The van der Waals surface area contributed by atoms with Gasteiger partial charge in [0.05, 0.1) is 12.1 Å². The van der Waals surface area contributed by atoms with Gasteiger partial charge in [0.25, 0.3) is 0 Å². The minimum absolute atomic E-state index is 0.137. The van der Waals surface area contributed by atoms with Gasteiger partial charge in [-0.3, -0.25) is 4.79 Å². The molecule has 0 atom stereocenters. The Morgan fingerprint density at radius 2 is 1.96 bits per heavy atom. The molecule has 0 aliphatic carbocycles. The summed E-state index contributed by atoms with van der Waals surface area (Å²) in [7, 11) is 0. The molecule has 2 aromatic rings. The van der Waals surface area contributed by atoms with Gasteiger partial charge in [0.2, 0.25) is 5.91 Å². The number of piperidine rings is 1. The van der Waals surface area contributed by atoms with E-state index >= 15 is 0 Å². The van der Waals surface area contributed by atoms with Gasteiger partial charge in [-0.25, -0.2) is 0 Å². The topological polar surface area (TPSA) is 55.6 Å². The van der Waals surface area contributed by atoms with Crippen LogP contribution < -0.4 is 4.74 Å². The fraction of sp³-hybridized carbons (Fsp3) is 0.444. The average molecular weight is 314 g/mol. The Kier molecular flexibility index (Phi) is 4.65. The van der Waals surface area contributed by atoms with Crippen molar-refractivity contribution in [2.75, 3.05) is 13.1 Å². The first-order valence-electron chi connectivity index (χ1n) is 8.04. The fourth-order valence-electron chi connectivity index (χ4n) is 2.93. The van der Waals surface area contributed by atoms with E-state index in [4.69, 9.17) is 9.26 Å². The van der Waals surface area contributed by atoms with E-state index in [1.54, 1.807) is 0 Å². The first kappa shape index (κ1) is 15.6. The smallest absolute Gasteiger partial charge is 0.227 e. The lowest BCUT2D eigenvalue weighted by Crippen LogP contribution is -2.42. The van der Waals surface area contributed by atoms with Gasteiger partial charge in [-0.1, -0.05) is 23.4 Å². The molecule has 1 fully saturated rings. The van der Waals surface area contributed by atoms with Crippen molar-refractivity contribution in [2.45, 2.75) is 39.2 Å². The van der Waals surface area contributed by atoms with Gasteiger partial charge >= 0.3 is 0 Å². The summed E-state index contributed by atoms with van der Waals surface area (Å²) in [5.41, 5.74) is 1.72. The Bertz CT molecular complexity index is 639. The number of likely N-dealkylation sites (tertiary alicyclic amines) is 1. The molecular formula is C18H22N2O3. The van der Waals surface area contributed by atoms with Crippen LogP contribution in [-0.4, -0.2) is 35.2 Å². The number of amides is 1. The molecule has 1 aliphatic heterocycles. The van der Waals surface area contributed by atoms with Gasteiger partial charge < -0.3 is 14.2 Å². The van der Waals surface area contributed by atoms with Crippen LogP contribution in [0.4, 0.5) is 0 Å². The third kappa shape index (κ3) is 3.73. The summed E-state index contributed by atoms with van der Waals surface area (Å²) in [4.78, 5) is 14.4. The van der Waals surface area contributed by atoms with Gasteiger partial charge in [-0.15, -0.1) is 0 Å². The summed E-state index contributed by atoms with van der Waals surface area (Å²) < 4.78 is 11.1. The second-order valence-electron chi connectivity index (χ2n) is 5.99. The second-order valence-corrected chi connectivity index (χ2v) is 5.99. The molecule has 0 unspecified atom stereocenters. The number of ether oxygens (including phenoxy) is 1. The molecule has 23 heavy (non-hydrogen) atoms. The number of aryl methyl sites for hydroxylation is 2. The molecule has 0 spiro atoms. The lowest BCUT2D eigenvalue weighted by molar-refractivity contribution is -0.132. The monoisotopic (exact) mass is 314 g/mol. The van der Waals surface area contributed by atoms with Crippen LogP contribution in [0.1, 0.15) is 29.9 Å². The molecule has 1 saturated heterocycles. The molecule has 5 heteroatoms. The standard InChI is InChI=1S/C18H22N2O3/c1-13-17(14(2)23-19-13)12-18(21)20-10-8-16(9-11-20)22-15-6-4-3-5-7-15/h3-7,16H,8-12H2,1-2H3. The van der Waals surface area contributed by atoms with E-state index in [2.05, 4.69) is 5.16 Å². The highest BCUT2D eigenvalue weighted by atomic mass is 16.5. The number of hydrogen-bond acceptors (Lipinski definition) is 4. The largest absolute Gasteiger partial charge is 0.490 e. The number of carbonyl (C=O) groups is 1. The Balaban J connectivity index is 1.51. The first-order chi connectivity index (χ1) is 11.1. The minimum Gasteiger partial charge on any atom is -0.490 e. The molecule has 0 bridgehead atoms. The van der Waals surface area contributed by atoms with Crippen molar-refractivity contribution in [3.05, 3.63) is 47.3 Å². The van der Waals surface area contributed by atoms with Gasteiger partial charge in [-0.05, 0) is 26.0 Å². The van der Waals surface area contributed by atoms with Crippen molar-refractivity contribution in [3.63, 3.8) is 0 Å². The Morgan fingerprint density at radius 1 is 1.26 bits per heavy atom. The maximum absolute atomic E-state index is 12.5. The van der Waals surface area contributed by atoms with E-state index in [0.29, 0.717) is 6.42 Å². The maximum atomic E-state index is 12.5. The number of nitrogens with zero attached hydrogens (tertiary/aromatic N) is 2. The van der Waals surface area contributed by atoms with Crippen molar-refractivity contribution in [3.8, 4) is 5.75 Å². The van der Waals surface area contributed by atoms with Crippen LogP contribution in [0.3, 0.4) is 0 Å². The van der Waals surface area contributed by atoms with E-state index in [1.165, 1.54) is 0 Å². The lowest BCUT2D eigenvalue weighted by Gasteiger charge is -2.32. The average Bonchev–Trinajstić information content (AvgIpc) is 2.88. The normalized spacial score (nSPS) is 15.7. The molecule has 0 radical (unpaired) electrons. The molecule has 122 valence electrons. The summed E-state index contributed by atoms with van der Waals surface area (Å²) in [5, 5.41) is 3.91. The molecule has 2 heterocycles. The van der Waals surface area contributed by atoms with Crippen LogP contribution in [0.25, 0.3) is 0 Å². The molecule has 1 aromatic heterocycles. The molecule has 3 rings (SSSR count). The van der Waals surface area contributed by atoms with E-state index < -0.39 is 0 Å². The zero-order valence-electron chi connectivity index (χ0n) is 13.6. The SMILES string of the molecule is Cc1noc(C)c1CC(=O)N1CCC(Oc2ccccc2)CC1. The molecule has 1 amide bonds. The Morgan fingerprint density at radius 3 is 2.57 bits per heavy atom. The summed E-state index contributed by atoms with van der Waals surface area (Å²) in [6.07, 6.45) is 2.27. The molecule has 0 saturated carbocycles. The number of para-hydroxylation sites is 1. The zero-order chi connectivity index (χ0) is 16.2. The highest BCUT2D eigenvalue weighted by Gasteiger charge is 2.25. The highest BCUT2D eigenvalue weighted by molar-refractivity contribution is 5.79. The van der Waals surface area contributed by atoms with Crippen molar-refractivity contribution < 1.29 is 14.1 Å². The third-order valence-corrected chi connectivity index (χ3v) is 4.35. The second kappa shape index (κ2) is 6.86. The predicted molar refractivity (Wildman–Crippen MR) is 86.4 cm³/mol. The van der Waals surface area contributed by atoms with Crippen molar-refractivity contribution in [2.24, 2.45) is 0 Å². The number of aromatic nitrogens is 1. The molecular weight excluding hydrogens is 292 g/mol. The summed E-state index contributed by atoms with van der Waals surface area (Å²) in [5.74, 6) is 1.77. The maximum Gasteiger partial charge on any atom is 0.227 e. The van der Waals surface area contributed by atoms with E-state index in [9.17, 15) is 4.79 Å². The zero-order valence-corrected chi connectivity index (χ0v) is 13.6. The van der Waals surface area contributed by atoms with Crippen LogP contribution in [0, 0.1) is 13.8 Å². The summed E-state index contributed by atoms with van der Waals surface area (Å²) in [6.45, 7) is 5.20. The molecule has 5 nitrogen and oxygen atoms in total. The van der Waals surface area contributed by atoms with E-state index in [0.717, 1.165) is 48.7 Å². The van der Waals surface area contributed by atoms with Crippen molar-refractivity contribution in [1.82, 2.24) is 10.1 Å². The van der Waals surface area contributed by atoms with Crippen molar-refractivity contribution >= 4 is 5.91 Å². The molecule has 1 aliphatic rings. The van der Waals surface area contributed by atoms with Gasteiger partial charge in [0.15, 0.2) is 0 Å². The number of rotatable bonds is 4. The molecule has 1 aromatic carbocycles. The predicted octanol–water partition coefficient (Wildman–Crippen LogP) is 2.90. The number of hydrogen-bond donors (Lipinski definition) is 0. The Labute approximate surface area is 136 Å². The molecule has 0 N–H and O–H groups in total. The third-order valence-electron chi connectivity index (χ3n) is 4.35. The summed E-state index contributed by atoms with van der Waals surface area (Å²) >= 11 is 0. The first-order valence-corrected chi connectivity index (χ1v) is 8.04. The summed E-state index contributed by atoms with van der Waals surface area (Å²) in [6, 6.07) is 9.85. The fourth-order valence-corrected chi connectivity index (χ4v) is 2.93.